The van der Waals surface area contributed by atoms with Crippen molar-refractivity contribution in [3.63, 3.8) is 0 Å². The van der Waals surface area contributed by atoms with Gasteiger partial charge in [-0.3, -0.25) is 4.79 Å². The molecule has 0 unspecified atom stereocenters. The number of methoxy groups -OCH3 is 2. The van der Waals surface area contributed by atoms with Gasteiger partial charge in [0.05, 0.1) is 19.9 Å². The summed E-state index contributed by atoms with van der Waals surface area (Å²) in [5.41, 5.74) is 1.89. The van der Waals surface area contributed by atoms with Crippen LogP contribution in [0.4, 0.5) is 5.69 Å². The number of fused-ring (bicyclic) bond motifs is 1. The molecule has 0 saturated heterocycles. The van der Waals surface area contributed by atoms with Gasteiger partial charge in [-0.05, 0) is 29.6 Å². The van der Waals surface area contributed by atoms with E-state index < -0.39 is 0 Å². The van der Waals surface area contributed by atoms with Gasteiger partial charge in [0, 0.05) is 22.8 Å². The maximum absolute atomic E-state index is 11.9. The predicted octanol–water partition coefficient (Wildman–Crippen LogP) is 3.24. The van der Waals surface area contributed by atoms with E-state index >= 15 is 0 Å². The zero-order chi connectivity index (χ0) is 14.1. The topological polar surface area (TPSA) is 47.6 Å². The molecule has 0 saturated carbocycles. The minimum atomic E-state index is 0.0174. The average molecular weight is 289 g/mol. The number of carbonyl (C=O) groups is 1. The molecule has 1 aliphatic rings. The first-order valence-corrected chi connectivity index (χ1v) is 7.20. The number of carbonyl (C=O) groups excluding carboxylic acids is 1. The molecule has 5 heteroatoms. The lowest BCUT2D eigenvalue weighted by Gasteiger charge is -2.24. The van der Waals surface area contributed by atoms with Crippen LogP contribution < -0.4 is 14.8 Å². The van der Waals surface area contributed by atoms with Gasteiger partial charge < -0.3 is 14.8 Å². The molecule has 0 aliphatic carbocycles. The van der Waals surface area contributed by atoms with Crippen molar-refractivity contribution in [3.8, 4) is 11.5 Å². The van der Waals surface area contributed by atoms with Crippen LogP contribution in [-0.4, -0.2) is 20.1 Å². The minimum absolute atomic E-state index is 0.0174. The number of amides is 1. The lowest BCUT2D eigenvalue weighted by Crippen LogP contribution is -2.22. The largest absolute Gasteiger partial charge is 0.497 e. The van der Waals surface area contributed by atoms with Crippen molar-refractivity contribution in [2.75, 3.05) is 19.5 Å². The lowest BCUT2D eigenvalue weighted by molar-refractivity contribution is -0.116. The van der Waals surface area contributed by atoms with Crippen molar-refractivity contribution in [2.45, 2.75) is 12.3 Å². The molecule has 1 aromatic heterocycles. The first kappa shape index (κ1) is 13.0. The van der Waals surface area contributed by atoms with Gasteiger partial charge in [0.2, 0.25) is 5.91 Å². The number of ether oxygens (including phenoxy) is 2. The van der Waals surface area contributed by atoms with E-state index in [-0.39, 0.29) is 11.8 Å². The van der Waals surface area contributed by atoms with Gasteiger partial charge in [-0.1, -0.05) is 0 Å². The summed E-state index contributed by atoms with van der Waals surface area (Å²) in [6.07, 6.45) is 0.428. The number of nitrogens with one attached hydrogen (secondary N) is 1. The summed E-state index contributed by atoms with van der Waals surface area (Å²) < 4.78 is 10.7. The summed E-state index contributed by atoms with van der Waals surface area (Å²) in [4.78, 5) is 13.0. The van der Waals surface area contributed by atoms with E-state index in [2.05, 4.69) is 5.32 Å². The third kappa shape index (κ3) is 2.14. The molecule has 1 aliphatic heterocycles. The third-order valence-corrected chi connectivity index (χ3v) is 4.52. The van der Waals surface area contributed by atoms with Crippen LogP contribution in [0.1, 0.15) is 22.8 Å². The molecule has 0 fully saturated rings. The summed E-state index contributed by atoms with van der Waals surface area (Å²) in [5.74, 6) is 1.60. The van der Waals surface area contributed by atoms with Crippen LogP contribution in [0, 0.1) is 0 Å². The maximum atomic E-state index is 11.9. The van der Waals surface area contributed by atoms with Gasteiger partial charge in [0.15, 0.2) is 0 Å². The van der Waals surface area contributed by atoms with Crippen molar-refractivity contribution in [3.05, 3.63) is 40.1 Å². The zero-order valence-electron chi connectivity index (χ0n) is 11.3. The second-order valence-electron chi connectivity index (χ2n) is 4.61. The van der Waals surface area contributed by atoms with Gasteiger partial charge in [0.1, 0.15) is 11.5 Å². The molecule has 20 heavy (non-hydrogen) atoms. The van der Waals surface area contributed by atoms with Crippen LogP contribution in [0.5, 0.6) is 11.5 Å². The highest BCUT2D eigenvalue weighted by Crippen LogP contribution is 2.44. The van der Waals surface area contributed by atoms with E-state index in [1.807, 2.05) is 29.6 Å². The standard InChI is InChI=1S/C15H15NO3S/c1-18-9-3-4-13(19-2)10(7-9)11-8-14(17)16-12-5-6-20-15(11)12/h3-7,11H,8H2,1-2H3,(H,16,17)/t11-/m0/s1. The Morgan fingerprint density at radius 3 is 2.85 bits per heavy atom. The highest BCUT2D eigenvalue weighted by molar-refractivity contribution is 7.10. The number of hydrogen-bond donors (Lipinski definition) is 1. The highest BCUT2D eigenvalue weighted by Gasteiger charge is 2.29. The highest BCUT2D eigenvalue weighted by atomic mass is 32.1. The van der Waals surface area contributed by atoms with Crippen molar-refractivity contribution in [1.29, 1.82) is 0 Å². The molecule has 1 aromatic carbocycles. The van der Waals surface area contributed by atoms with Crippen LogP contribution in [0.15, 0.2) is 29.6 Å². The summed E-state index contributed by atoms with van der Waals surface area (Å²) in [7, 11) is 3.28. The monoisotopic (exact) mass is 289 g/mol. The molecular weight excluding hydrogens is 274 g/mol. The molecule has 2 aromatic rings. The molecule has 1 N–H and O–H groups in total. The quantitative estimate of drug-likeness (QED) is 0.943. The van der Waals surface area contributed by atoms with Crippen molar-refractivity contribution < 1.29 is 14.3 Å². The zero-order valence-corrected chi connectivity index (χ0v) is 12.1. The SMILES string of the molecule is COc1ccc(OC)c([C@@H]2CC(=O)Nc3ccsc32)c1. The first-order valence-electron chi connectivity index (χ1n) is 6.32. The summed E-state index contributed by atoms with van der Waals surface area (Å²) in [6, 6.07) is 7.64. The van der Waals surface area contributed by atoms with E-state index in [9.17, 15) is 4.79 Å². The van der Waals surface area contributed by atoms with E-state index in [4.69, 9.17) is 9.47 Å². The minimum Gasteiger partial charge on any atom is -0.497 e. The molecular formula is C15H15NO3S. The molecule has 0 bridgehead atoms. The van der Waals surface area contributed by atoms with Crippen molar-refractivity contribution in [2.24, 2.45) is 0 Å². The van der Waals surface area contributed by atoms with Crippen LogP contribution in [-0.2, 0) is 4.79 Å². The van der Waals surface area contributed by atoms with Crippen LogP contribution in [0.2, 0.25) is 0 Å². The van der Waals surface area contributed by atoms with Gasteiger partial charge in [-0.15, -0.1) is 11.3 Å². The van der Waals surface area contributed by atoms with Gasteiger partial charge in [0.25, 0.3) is 0 Å². The first-order chi connectivity index (χ1) is 9.72. The Hall–Kier alpha value is -2.01. The predicted molar refractivity (Wildman–Crippen MR) is 79.0 cm³/mol. The fourth-order valence-corrected chi connectivity index (χ4v) is 3.51. The Balaban J connectivity index is 2.11. The number of hydrogen-bond acceptors (Lipinski definition) is 4. The Morgan fingerprint density at radius 1 is 1.25 bits per heavy atom. The maximum Gasteiger partial charge on any atom is 0.225 e. The molecule has 2 heterocycles. The molecule has 104 valence electrons. The van der Waals surface area contributed by atoms with Gasteiger partial charge >= 0.3 is 0 Å². The van der Waals surface area contributed by atoms with Crippen molar-refractivity contribution in [1.82, 2.24) is 0 Å². The summed E-state index contributed by atoms with van der Waals surface area (Å²) in [6.45, 7) is 0. The molecule has 1 atom stereocenters. The lowest BCUT2D eigenvalue weighted by atomic mass is 9.90. The van der Waals surface area contributed by atoms with Crippen LogP contribution >= 0.6 is 11.3 Å². The molecule has 3 rings (SSSR count). The van der Waals surface area contributed by atoms with E-state index in [0.717, 1.165) is 27.6 Å². The Kier molecular flexibility index (Phi) is 3.36. The van der Waals surface area contributed by atoms with E-state index in [1.165, 1.54) is 0 Å². The third-order valence-electron chi connectivity index (χ3n) is 3.49. The van der Waals surface area contributed by atoms with E-state index in [1.54, 1.807) is 25.6 Å². The summed E-state index contributed by atoms with van der Waals surface area (Å²) >= 11 is 1.65. The summed E-state index contributed by atoms with van der Waals surface area (Å²) in [5, 5.41) is 4.90. The fourth-order valence-electron chi connectivity index (χ4n) is 2.54. The number of benzene rings is 1. The normalized spacial score (nSPS) is 17.3. The number of thiophene rings is 1. The van der Waals surface area contributed by atoms with Gasteiger partial charge in [-0.2, -0.15) is 0 Å². The number of rotatable bonds is 3. The second-order valence-corrected chi connectivity index (χ2v) is 5.56. The molecule has 0 spiro atoms. The van der Waals surface area contributed by atoms with Crippen LogP contribution in [0.3, 0.4) is 0 Å². The second kappa shape index (κ2) is 5.17. The Morgan fingerprint density at radius 2 is 2.10 bits per heavy atom. The number of anilines is 1. The van der Waals surface area contributed by atoms with Crippen LogP contribution in [0.25, 0.3) is 0 Å². The van der Waals surface area contributed by atoms with Crippen molar-refractivity contribution >= 4 is 22.9 Å². The smallest absolute Gasteiger partial charge is 0.225 e. The molecule has 0 radical (unpaired) electrons. The van der Waals surface area contributed by atoms with E-state index in [0.29, 0.717) is 6.42 Å². The van der Waals surface area contributed by atoms with Gasteiger partial charge in [-0.25, -0.2) is 0 Å². The molecule has 1 amide bonds. The average Bonchev–Trinajstić information content (AvgIpc) is 2.93. The Labute approximate surface area is 121 Å². The molecule has 4 nitrogen and oxygen atoms in total. The fraction of sp³-hybridized carbons (Fsp3) is 0.267. The Bertz CT molecular complexity index is 650.